The van der Waals surface area contributed by atoms with Gasteiger partial charge in [0.25, 0.3) is 0 Å². The minimum absolute atomic E-state index is 0.298. The average molecular weight is 360 g/mol. The molecular weight excluding hydrogens is 344 g/mol. The Morgan fingerprint density at radius 1 is 1.50 bits per heavy atom. The van der Waals surface area contributed by atoms with Crippen molar-refractivity contribution in [2.75, 3.05) is 0 Å². The number of aliphatic hydroxyl groups is 1. The highest BCUT2D eigenvalue weighted by Gasteiger charge is 2.14. The summed E-state index contributed by atoms with van der Waals surface area (Å²) in [4.78, 5) is 0. The SMILES string of the molecule is Cc1nn(C)c(COc2cc(Br)ccc2[C@@H](C)O)c1Cl. The molecular formula is C14H16BrClN2O2. The van der Waals surface area contributed by atoms with Gasteiger partial charge in [-0.25, -0.2) is 0 Å². The van der Waals surface area contributed by atoms with Crippen LogP contribution in [-0.2, 0) is 13.7 Å². The van der Waals surface area contributed by atoms with Gasteiger partial charge in [-0.3, -0.25) is 4.68 Å². The molecule has 0 amide bonds. The second-order valence-electron chi connectivity index (χ2n) is 4.62. The van der Waals surface area contributed by atoms with Crippen molar-refractivity contribution in [2.45, 2.75) is 26.6 Å². The molecule has 1 N–H and O–H groups in total. The van der Waals surface area contributed by atoms with Crippen LogP contribution in [0.2, 0.25) is 5.02 Å². The summed E-state index contributed by atoms with van der Waals surface area (Å²) in [5.41, 5.74) is 2.32. The van der Waals surface area contributed by atoms with Crippen molar-refractivity contribution in [2.24, 2.45) is 7.05 Å². The van der Waals surface area contributed by atoms with Crippen molar-refractivity contribution in [3.05, 3.63) is 44.6 Å². The number of aliphatic hydroxyl groups excluding tert-OH is 1. The second kappa shape index (κ2) is 6.16. The molecule has 1 aromatic heterocycles. The van der Waals surface area contributed by atoms with Crippen molar-refractivity contribution in [3.8, 4) is 5.75 Å². The number of halogens is 2. The topological polar surface area (TPSA) is 47.3 Å². The molecule has 0 aliphatic heterocycles. The Hall–Kier alpha value is -1.04. The van der Waals surface area contributed by atoms with Gasteiger partial charge in [-0.2, -0.15) is 5.10 Å². The van der Waals surface area contributed by atoms with Crippen LogP contribution in [0.5, 0.6) is 5.75 Å². The van der Waals surface area contributed by atoms with Crippen LogP contribution in [0, 0.1) is 6.92 Å². The predicted octanol–water partition coefficient (Wildman–Crippen LogP) is 3.78. The number of ether oxygens (including phenoxy) is 1. The lowest BCUT2D eigenvalue weighted by atomic mass is 10.1. The Labute approximate surface area is 131 Å². The number of aromatic nitrogens is 2. The summed E-state index contributed by atoms with van der Waals surface area (Å²) < 4.78 is 8.40. The van der Waals surface area contributed by atoms with E-state index in [0.717, 1.165) is 21.4 Å². The van der Waals surface area contributed by atoms with Crippen LogP contribution in [-0.4, -0.2) is 14.9 Å². The van der Waals surface area contributed by atoms with Crippen molar-refractivity contribution in [1.29, 1.82) is 0 Å². The van der Waals surface area contributed by atoms with Gasteiger partial charge in [0.15, 0.2) is 0 Å². The maximum absolute atomic E-state index is 9.77. The van der Waals surface area contributed by atoms with Gasteiger partial charge in [0.1, 0.15) is 12.4 Å². The zero-order valence-corrected chi connectivity index (χ0v) is 13.9. The number of hydrogen-bond acceptors (Lipinski definition) is 3. The Morgan fingerprint density at radius 2 is 2.20 bits per heavy atom. The van der Waals surface area contributed by atoms with Crippen LogP contribution in [0.15, 0.2) is 22.7 Å². The lowest BCUT2D eigenvalue weighted by Crippen LogP contribution is -2.05. The summed E-state index contributed by atoms with van der Waals surface area (Å²) in [5.74, 6) is 0.629. The Bertz CT molecular complexity index is 626. The molecule has 0 fully saturated rings. The van der Waals surface area contributed by atoms with Crippen LogP contribution in [0.3, 0.4) is 0 Å². The average Bonchev–Trinajstić information content (AvgIpc) is 2.61. The fourth-order valence-electron chi connectivity index (χ4n) is 1.96. The first kappa shape index (κ1) is 15.4. The van der Waals surface area contributed by atoms with Crippen LogP contribution in [0.4, 0.5) is 0 Å². The van der Waals surface area contributed by atoms with E-state index in [1.54, 1.807) is 11.6 Å². The molecule has 0 radical (unpaired) electrons. The van der Waals surface area contributed by atoms with E-state index in [9.17, 15) is 5.11 Å². The lowest BCUT2D eigenvalue weighted by Gasteiger charge is -2.14. The van der Waals surface area contributed by atoms with E-state index in [2.05, 4.69) is 21.0 Å². The molecule has 6 heteroatoms. The normalized spacial score (nSPS) is 12.5. The molecule has 1 heterocycles. The van der Waals surface area contributed by atoms with E-state index in [-0.39, 0.29) is 0 Å². The first-order valence-electron chi connectivity index (χ1n) is 6.18. The van der Waals surface area contributed by atoms with Gasteiger partial charge >= 0.3 is 0 Å². The van der Waals surface area contributed by atoms with E-state index >= 15 is 0 Å². The lowest BCUT2D eigenvalue weighted by molar-refractivity contribution is 0.189. The van der Waals surface area contributed by atoms with Crippen molar-refractivity contribution < 1.29 is 9.84 Å². The monoisotopic (exact) mass is 358 g/mol. The van der Waals surface area contributed by atoms with E-state index in [0.29, 0.717) is 17.4 Å². The van der Waals surface area contributed by atoms with Crippen molar-refractivity contribution in [3.63, 3.8) is 0 Å². The molecule has 0 bridgehead atoms. The summed E-state index contributed by atoms with van der Waals surface area (Å²) in [6, 6.07) is 5.54. The first-order chi connectivity index (χ1) is 9.40. The molecule has 0 aliphatic carbocycles. The molecule has 0 saturated heterocycles. The zero-order valence-electron chi connectivity index (χ0n) is 11.5. The fourth-order valence-corrected chi connectivity index (χ4v) is 2.52. The molecule has 0 aliphatic rings. The molecule has 1 aromatic carbocycles. The minimum Gasteiger partial charge on any atom is -0.487 e. The number of benzene rings is 1. The third kappa shape index (κ3) is 3.16. The van der Waals surface area contributed by atoms with Gasteiger partial charge in [0.05, 0.1) is 22.5 Å². The third-order valence-electron chi connectivity index (χ3n) is 3.05. The molecule has 2 rings (SSSR count). The van der Waals surface area contributed by atoms with Gasteiger partial charge in [0.2, 0.25) is 0 Å². The molecule has 4 nitrogen and oxygen atoms in total. The van der Waals surface area contributed by atoms with E-state index in [4.69, 9.17) is 16.3 Å². The maximum atomic E-state index is 9.77. The van der Waals surface area contributed by atoms with Gasteiger partial charge in [-0.05, 0) is 26.0 Å². The minimum atomic E-state index is -0.596. The predicted molar refractivity (Wildman–Crippen MR) is 82.1 cm³/mol. The highest BCUT2D eigenvalue weighted by Crippen LogP contribution is 2.30. The second-order valence-corrected chi connectivity index (χ2v) is 5.91. The van der Waals surface area contributed by atoms with Gasteiger partial charge in [-0.15, -0.1) is 0 Å². The van der Waals surface area contributed by atoms with Crippen molar-refractivity contribution >= 4 is 27.5 Å². The molecule has 2 aromatic rings. The molecule has 20 heavy (non-hydrogen) atoms. The van der Waals surface area contributed by atoms with Crippen LogP contribution in [0.25, 0.3) is 0 Å². The van der Waals surface area contributed by atoms with Crippen LogP contribution < -0.4 is 4.74 Å². The largest absolute Gasteiger partial charge is 0.487 e. The highest BCUT2D eigenvalue weighted by atomic mass is 79.9. The number of rotatable bonds is 4. The molecule has 0 saturated carbocycles. The van der Waals surface area contributed by atoms with Gasteiger partial charge < -0.3 is 9.84 Å². The van der Waals surface area contributed by atoms with E-state index < -0.39 is 6.10 Å². The Kier molecular flexibility index (Phi) is 4.73. The third-order valence-corrected chi connectivity index (χ3v) is 4.04. The first-order valence-corrected chi connectivity index (χ1v) is 7.35. The number of aryl methyl sites for hydroxylation is 2. The molecule has 0 unspecified atom stereocenters. The Balaban J connectivity index is 2.24. The highest BCUT2D eigenvalue weighted by molar-refractivity contribution is 9.10. The fraction of sp³-hybridized carbons (Fsp3) is 0.357. The zero-order chi connectivity index (χ0) is 14.9. The quantitative estimate of drug-likeness (QED) is 0.904. The van der Waals surface area contributed by atoms with E-state index in [1.165, 1.54) is 0 Å². The summed E-state index contributed by atoms with van der Waals surface area (Å²) in [6.45, 7) is 3.86. The molecule has 0 spiro atoms. The summed E-state index contributed by atoms with van der Waals surface area (Å²) >= 11 is 9.59. The van der Waals surface area contributed by atoms with Gasteiger partial charge in [0, 0.05) is 17.1 Å². The Morgan fingerprint density at radius 3 is 2.75 bits per heavy atom. The summed E-state index contributed by atoms with van der Waals surface area (Å²) in [6.07, 6.45) is -0.596. The number of nitrogens with zero attached hydrogens (tertiary/aromatic N) is 2. The summed E-state index contributed by atoms with van der Waals surface area (Å²) in [7, 11) is 1.83. The van der Waals surface area contributed by atoms with Gasteiger partial charge in [-0.1, -0.05) is 33.6 Å². The smallest absolute Gasteiger partial charge is 0.131 e. The summed E-state index contributed by atoms with van der Waals surface area (Å²) in [5, 5.41) is 14.6. The standard InChI is InChI=1S/C14H16BrClN2O2/c1-8-14(16)12(18(3)17-8)7-20-13-6-10(15)4-5-11(13)9(2)19/h4-6,9,19H,7H2,1-3H3/t9-/m1/s1. The van der Waals surface area contributed by atoms with E-state index in [1.807, 2.05) is 32.2 Å². The maximum Gasteiger partial charge on any atom is 0.131 e. The number of hydrogen-bond donors (Lipinski definition) is 1. The van der Waals surface area contributed by atoms with Crippen LogP contribution >= 0.6 is 27.5 Å². The molecule has 108 valence electrons. The molecule has 1 atom stereocenters. The van der Waals surface area contributed by atoms with Crippen LogP contribution in [0.1, 0.15) is 30.0 Å². The van der Waals surface area contributed by atoms with Crippen molar-refractivity contribution in [1.82, 2.24) is 9.78 Å².